The Morgan fingerprint density at radius 1 is 1.00 bits per heavy atom. The third-order valence-corrected chi connectivity index (χ3v) is 4.90. The molecule has 1 N–H and O–H groups in total. The summed E-state index contributed by atoms with van der Waals surface area (Å²) in [5, 5.41) is 8.97. The van der Waals surface area contributed by atoms with Gasteiger partial charge in [0.05, 0.1) is 5.56 Å². The molecule has 0 saturated carbocycles. The van der Waals surface area contributed by atoms with Crippen LogP contribution in [0.5, 0.6) is 5.75 Å². The van der Waals surface area contributed by atoms with Gasteiger partial charge in [0.2, 0.25) is 0 Å². The summed E-state index contributed by atoms with van der Waals surface area (Å²) in [4.78, 5) is 11.0. The van der Waals surface area contributed by atoms with E-state index < -0.39 is 17.7 Å². The van der Waals surface area contributed by atoms with E-state index in [-0.39, 0.29) is 5.56 Å². The Labute approximate surface area is 198 Å². The summed E-state index contributed by atoms with van der Waals surface area (Å²) in [5.41, 5.74) is 3.05. The summed E-state index contributed by atoms with van der Waals surface area (Å²) in [6.45, 7) is 6.65. The number of hydrogen-bond donors (Lipinski definition) is 1. The van der Waals surface area contributed by atoms with Gasteiger partial charge >= 0.3 is 12.1 Å². The monoisotopic (exact) mass is 470 g/mol. The SMILES string of the molecule is CC(C)=CCC/C(C)=C/COc1ccc(/C=C(/C=C\C(=O)O)c2cccc(C(F)(F)F)c2)cc1. The molecule has 0 amide bonds. The van der Waals surface area contributed by atoms with Gasteiger partial charge in [-0.1, -0.05) is 41.5 Å². The van der Waals surface area contributed by atoms with Crippen molar-refractivity contribution in [2.24, 2.45) is 0 Å². The van der Waals surface area contributed by atoms with Gasteiger partial charge in [-0.2, -0.15) is 13.2 Å². The Morgan fingerprint density at radius 2 is 1.71 bits per heavy atom. The summed E-state index contributed by atoms with van der Waals surface area (Å²) < 4.78 is 45.1. The fourth-order valence-electron chi connectivity index (χ4n) is 3.07. The van der Waals surface area contributed by atoms with Crippen LogP contribution in [0.1, 0.15) is 50.3 Å². The molecular weight excluding hydrogens is 441 g/mol. The van der Waals surface area contributed by atoms with Gasteiger partial charge in [-0.3, -0.25) is 0 Å². The highest BCUT2D eigenvalue weighted by molar-refractivity contribution is 5.92. The molecule has 6 heteroatoms. The molecule has 0 unspecified atom stereocenters. The molecule has 34 heavy (non-hydrogen) atoms. The first-order valence-corrected chi connectivity index (χ1v) is 10.9. The van der Waals surface area contributed by atoms with Gasteiger partial charge in [0.25, 0.3) is 0 Å². The van der Waals surface area contributed by atoms with Crippen LogP contribution < -0.4 is 4.74 Å². The zero-order chi connectivity index (χ0) is 25.1. The number of aliphatic carboxylic acids is 1. The number of halogens is 3. The highest BCUT2D eigenvalue weighted by Gasteiger charge is 2.30. The van der Waals surface area contributed by atoms with E-state index in [9.17, 15) is 18.0 Å². The van der Waals surface area contributed by atoms with Crippen molar-refractivity contribution in [3.8, 4) is 5.75 Å². The van der Waals surface area contributed by atoms with Crippen LogP contribution in [-0.4, -0.2) is 17.7 Å². The van der Waals surface area contributed by atoms with Crippen molar-refractivity contribution >= 4 is 17.6 Å². The third kappa shape index (κ3) is 9.53. The van der Waals surface area contributed by atoms with Crippen molar-refractivity contribution in [1.29, 1.82) is 0 Å². The molecule has 0 aliphatic carbocycles. The quantitative estimate of drug-likeness (QED) is 0.166. The molecule has 2 rings (SSSR count). The first kappa shape index (κ1) is 26.7. The van der Waals surface area contributed by atoms with E-state index in [4.69, 9.17) is 9.84 Å². The molecule has 0 heterocycles. The van der Waals surface area contributed by atoms with Crippen LogP contribution in [0.15, 0.2) is 84.0 Å². The molecule has 2 aromatic rings. The van der Waals surface area contributed by atoms with Crippen molar-refractivity contribution in [3.05, 3.63) is 101 Å². The molecule has 0 aromatic heterocycles. The van der Waals surface area contributed by atoms with Crippen LogP contribution in [0, 0.1) is 0 Å². The maximum atomic E-state index is 13.1. The maximum Gasteiger partial charge on any atom is 0.416 e. The molecular formula is C28H29F3O3. The number of alkyl halides is 3. The minimum Gasteiger partial charge on any atom is -0.490 e. The van der Waals surface area contributed by atoms with Crippen LogP contribution in [-0.2, 0) is 11.0 Å². The summed E-state index contributed by atoms with van der Waals surface area (Å²) >= 11 is 0. The van der Waals surface area contributed by atoms with Crippen molar-refractivity contribution in [3.63, 3.8) is 0 Å². The van der Waals surface area contributed by atoms with E-state index >= 15 is 0 Å². The van der Waals surface area contributed by atoms with E-state index in [0.717, 1.165) is 31.1 Å². The molecule has 0 saturated heterocycles. The van der Waals surface area contributed by atoms with E-state index in [2.05, 4.69) is 26.8 Å². The fourth-order valence-corrected chi connectivity index (χ4v) is 3.07. The van der Waals surface area contributed by atoms with Gasteiger partial charge in [0.1, 0.15) is 12.4 Å². The minimum atomic E-state index is -4.49. The topological polar surface area (TPSA) is 46.5 Å². The Bertz CT molecular complexity index is 1080. The number of ether oxygens (including phenoxy) is 1. The normalized spacial score (nSPS) is 12.6. The van der Waals surface area contributed by atoms with Gasteiger partial charge in [0.15, 0.2) is 0 Å². The third-order valence-electron chi connectivity index (χ3n) is 4.90. The average Bonchev–Trinajstić information content (AvgIpc) is 2.77. The molecule has 0 spiro atoms. The first-order valence-electron chi connectivity index (χ1n) is 10.9. The Balaban J connectivity index is 2.16. The van der Waals surface area contributed by atoms with E-state index in [1.165, 1.54) is 29.4 Å². The molecule has 180 valence electrons. The molecule has 0 aliphatic rings. The Hall–Kier alpha value is -3.54. The van der Waals surface area contributed by atoms with E-state index in [1.807, 2.05) is 6.08 Å². The lowest BCUT2D eigenvalue weighted by atomic mass is 10.00. The van der Waals surface area contributed by atoms with Gasteiger partial charge < -0.3 is 9.84 Å². The molecule has 0 atom stereocenters. The second-order valence-electron chi connectivity index (χ2n) is 8.10. The molecule has 0 fully saturated rings. The van der Waals surface area contributed by atoms with Crippen LogP contribution in [0.25, 0.3) is 11.6 Å². The largest absolute Gasteiger partial charge is 0.490 e. The number of allylic oxidation sites excluding steroid dienone is 5. The predicted octanol–water partition coefficient (Wildman–Crippen LogP) is 7.96. The second-order valence-corrected chi connectivity index (χ2v) is 8.10. The van der Waals surface area contributed by atoms with Crippen molar-refractivity contribution in [1.82, 2.24) is 0 Å². The Kier molecular flexibility index (Phi) is 9.92. The van der Waals surface area contributed by atoms with Gasteiger partial charge in [0, 0.05) is 6.08 Å². The van der Waals surface area contributed by atoms with Crippen LogP contribution in [0.3, 0.4) is 0 Å². The van der Waals surface area contributed by atoms with Crippen LogP contribution in [0.2, 0.25) is 0 Å². The zero-order valence-corrected chi connectivity index (χ0v) is 19.5. The number of benzene rings is 2. The number of hydrogen-bond acceptors (Lipinski definition) is 2. The number of carboxylic acids is 1. The Morgan fingerprint density at radius 3 is 2.32 bits per heavy atom. The van der Waals surface area contributed by atoms with Crippen molar-refractivity contribution in [2.45, 2.75) is 39.8 Å². The van der Waals surface area contributed by atoms with E-state index in [1.54, 1.807) is 30.3 Å². The van der Waals surface area contributed by atoms with Crippen LogP contribution >= 0.6 is 0 Å². The van der Waals surface area contributed by atoms with Gasteiger partial charge in [-0.25, -0.2) is 4.79 Å². The highest BCUT2D eigenvalue weighted by atomic mass is 19.4. The summed E-state index contributed by atoms with van der Waals surface area (Å²) in [7, 11) is 0. The van der Waals surface area contributed by atoms with Gasteiger partial charge in [-0.05, 0) is 92.8 Å². The summed E-state index contributed by atoms with van der Waals surface area (Å²) in [6, 6.07) is 11.9. The summed E-state index contributed by atoms with van der Waals surface area (Å²) in [6.07, 6.45) is 5.53. The van der Waals surface area contributed by atoms with Crippen LogP contribution in [0.4, 0.5) is 13.2 Å². The first-order chi connectivity index (χ1) is 16.0. The lowest BCUT2D eigenvalue weighted by molar-refractivity contribution is -0.137. The molecule has 0 radical (unpaired) electrons. The molecule has 3 nitrogen and oxygen atoms in total. The lowest BCUT2D eigenvalue weighted by Crippen LogP contribution is -2.05. The second kappa shape index (κ2) is 12.6. The molecule has 0 bridgehead atoms. The maximum absolute atomic E-state index is 13.1. The van der Waals surface area contributed by atoms with E-state index in [0.29, 0.717) is 23.5 Å². The van der Waals surface area contributed by atoms with Crippen molar-refractivity contribution in [2.75, 3.05) is 6.61 Å². The predicted molar refractivity (Wildman–Crippen MR) is 130 cm³/mol. The number of carbonyl (C=O) groups is 1. The molecule has 2 aromatic carbocycles. The minimum absolute atomic E-state index is 0.265. The lowest BCUT2D eigenvalue weighted by Gasteiger charge is -2.10. The summed E-state index contributed by atoms with van der Waals surface area (Å²) in [5.74, 6) is -0.530. The fraction of sp³-hybridized carbons (Fsp3) is 0.250. The smallest absolute Gasteiger partial charge is 0.416 e. The number of carboxylic acid groups (broad SMARTS) is 1. The number of rotatable bonds is 10. The standard InChI is InChI=1S/C28H29F3O3/c1-20(2)6-4-7-21(3)16-17-34-26-13-10-22(11-14-26)18-24(12-15-27(32)33)23-8-5-9-25(19-23)28(29,30)31/h5-6,8-16,18-19H,4,7,17H2,1-3H3,(H,32,33)/b15-12-,21-16+,24-18-. The highest BCUT2D eigenvalue weighted by Crippen LogP contribution is 2.32. The molecule has 0 aliphatic heterocycles. The van der Waals surface area contributed by atoms with Crippen molar-refractivity contribution < 1.29 is 27.8 Å². The zero-order valence-electron chi connectivity index (χ0n) is 19.5. The average molecular weight is 471 g/mol. The van der Waals surface area contributed by atoms with Gasteiger partial charge in [-0.15, -0.1) is 0 Å².